The van der Waals surface area contributed by atoms with Crippen molar-refractivity contribution >= 4 is 23.4 Å². The third-order valence-corrected chi connectivity index (χ3v) is 2.91. The number of nitrogens with zero attached hydrogens (tertiary/aromatic N) is 1. The van der Waals surface area contributed by atoms with E-state index in [4.69, 9.17) is 11.6 Å². The predicted octanol–water partition coefficient (Wildman–Crippen LogP) is 2.86. The van der Waals surface area contributed by atoms with E-state index >= 15 is 0 Å². The highest BCUT2D eigenvalue weighted by Crippen LogP contribution is 2.16. The van der Waals surface area contributed by atoms with Crippen LogP contribution in [0.25, 0.3) is 0 Å². The molecule has 0 atom stereocenters. The summed E-state index contributed by atoms with van der Waals surface area (Å²) in [5.74, 6) is -1.50. The molecule has 0 fully saturated rings. The van der Waals surface area contributed by atoms with E-state index in [-0.39, 0.29) is 28.6 Å². The van der Waals surface area contributed by atoms with E-state index in [1.165, 1.54) is 17.0 Å². The van der Waals surface area contributed by atoms with Crippen LogP contribution in [0.1, 0.15) is 38.1 Å². The quantitative estimate of drug-likeness (QED) is 0.929. The monoisotopic (exact) mass is 314 g/mol. The number of halogens is 2. The second-order valence-corrected chi connectivity index (χ2v) is 6.18. The van der Waals surface area contributed by atoms with Crippen LogP contribution in [0.4, 0.5) is 4.39 Å². The molecule has 1 aromatic carbocycles. The number of likely N-dealkylation sites (N-methyl/N-ethyl adjacent to an activating group) is 1. The Morgan fingerprint density at radius 2 is 1.95 bits per heavy atom. The minimum absolute atomic E-state index is 0.126. The maximum absolute atomic E-state index is 13.7. The van der Waals surface area contributed by atoms with E-state index in [9.17, 15) is 14.0 Å². The zero-order valence-corrected chi connectivity index (χ0v) is 13.4. The molecule has 0 heterocycles. The largest absolute Gasteiger partial charge is 0.350 e. The highest BCUT2D eigenvalue weighted by Gasteiger charge is 2.22. The molecule has 0 bridgehead atoms. The molecule has 21 heavy (non-hydrogen) atoms. The summed E-state index contributed by atoms with van der Waals surface area (Å²) < 4.78 is 13.7. The lowest BCUT2D eigenvalue weighted by molar-refractivity contribution is -0.123. The van der Waals surface area contributed by atoms with E-state index in [1.54, 1.807) is 6.92 Å². The lowest BCUT2D eigenvalue weighted by atomic mass is 10.1. The fourth-order valence-electron chi connectivity index (χ4n) is 1.79. The van der Waals surface area contributed by atoms with Crippen LogP contribution >= 0.6 is 11.6 Å². The number of nitrogens with one attached hydrogen (secondary N) is 1. The SMILES string of the molecule is CCN(CC(=O)NC(C)(C)C)C(=O)c1cc(Cl)ccc1F. The number of hydrogen-bond acceptors (Lipinski definition) is 2. The van der Waals surface area contributed by atoms with E-state index < -0.39 is 11.7 Å². The molecule has 6 heteroatoms. The fraction of sp³-hybridized carbons (Fsp3) is 0.467. The number of rotatable bonds is 4. The Morgan fingerprint density at radius 1 is 1.33 bits per heavy atom. The standard InChI is InChI=1S/C15H20ClFN2O2/c1-5-19(9-13(20)18-15(2,3)4)14(21)11-8-10(16)6-7-12(11)17/h6-8H,5,9H2,1-4H3,(H,18,20). The molecular weight excluding hydrogens is 295 g/mol. The molecule has 4 nitrogen and oxygen atoms in total. The van der Waals surface area contributed by atoms with Crippen LogP contribution in [-0.2, 0) is 4.79 Å². The molecule has 0 spiro atoms. The van der Waals surface area contributed by atoms with Crippen molar-refractivity contribution in [3.05, 3.63) is 34.6 Å². The Hall–Kier alpha value is -1.62. The van der Waals surface area contributed by atoms with Gasteiger partial charge in [-0.15, -0.1) is 0 Å². The van der Waals surface area contributed by atoms with Gasteiger partial charge in [0.15, 0.2) is 0 Å². The van der Waals surface area contributed by atoms with Crippen molar-refractivity contribution in [2.45, 2.75) is 33.2 Å². The molecule has 0 saturated heterocycles. The van der Waals surface area contributed by atoms with Crippen LogP contribution in [0.3, 0.4) is 0 Å². The summed E-state index contributed by atoms with van der Waals surface area (Å²) in [7, 11) is 0. The van der Waals surface area contributed by atoms with Crippen LogP contribution in [-0.4, -0.2) is 35.3 Å². The first-order valence-corrected chi connectivity index (χ1v) is 7.07. The van der Waals surface area contributed by atoms with Crippen LogP contribution in [0.15, 0.2) is 18.2 Å². The third-order valence-electron chi connectivity index (χ3n) is 2.68. The molecule has 1 aromatic rings. The van der Waals surface area contributed by atoms with E-state index in [2.05, 4.69) is 5.32 Å². The summed E-state index contributed by atoms with van der Waals surface area (Å²) in [6.07, 6.45) is 0. The molecule has 0 aliphatic carbocycles. The van der Waals surface area contributed by atoms with Gasteiger partial charge in [0.1, 0.15) is 5.82 Å². The van der Waals surface area contributed by atoms with Crippen LogP contribution in [0, 0.1) is 5.82 Å². The Labute approximate surface area is 129 Å². The van der Waals surface area contributed by atoms with Crippen LogP contribution < -0.4 is 5.32 Å². The van der Waals surface area contributed by atoms with Crippen molar-refractivity contribution in [1.82, 2.24) is 10.2 Å². The number of carbonyl (C=O) groups is 2. The summed E-state index contributed by atoms with van der Waals surface area (Å²) in [5, 5.41) is 3.04. The van der Waals surface area contributed by atoms with Gasteiger partial charge in [-0.3, -0.25) is 9.59 Å². The van der Waals surface area contributed by atoms with Crippen molar-refractivity contribution in [3.8, 4) is 0 Å². The van der Waals surface area contributed by atoms with Crippen molar-refractivity contribution in [3.63, 3.8) is 0 Å². The van der Waals surface area contributed by atoms with Gasteiger partial charge in [0.05, 0.1) is 12.1 Å². The second-order valence-electron chi connectivity index (χ2n) is 5.74. The summed E-state index contributed by atoms with van der Waals surface area (Å²) in [6, 6.07) is 3.78. The van der Waals surface area contributed by atoms with Gasteiger partial charge in [0.25, 0.3) is 5.91 Å². The Bertz CT molecular complexity index is 541. The van der Waals surface area contributed by atoms with Gasteiger partial charge in [0.2, 0.25) is 5.91 Å². The van der Waals surface area contributed by atoms with Gasteiger partial charge in [-0.25, -0.2) is 4.39 Å². The average Bonchev–Trinajstić information content (AvgIpc) is 2.36. The van der Waals surface area contributed by atoms with Gasteiger partial charge in [-0.2, -0.15) is 0 Å². The van der Waals surface area contributed by atoms with Gasteiger partial charge < -0.3 is 10.2 Å². The molecule has 2 amide bonds. The molecule has 0 aliphatic rings. The van der Waals surface area contributed by atoms with E-state index in [0.717, 1.165) is 6.07 Å². The second kappa shape index (κ2) is 6.89. The Kier molecular flexibility index (Phi) is 5.72. The topological polar surface area (TPSA) is 49.4 Å². The molecule has 0 radical (unpaired) electrons. The van der Waals surface area contributed by atoms with E-state index in [1.807, 2.05) is 20.8 Å². The van der Waals surface area contributed by atoms with E-state index in [0.29, 0.717) is 6.54 Å². The minimum Gasteiger partial charge on any atom is -0.350 e. The molecule has 116 valence electrons. The van der Waals surface area contributed by atoms with Crippen molar-refractivity contribution in [2.24, 2.45) is 0 Å². The molecule has 0 saturated carbocycles. The molecule has 0 aromatic heterocycles. The van der Waals surface area contributed by atoms with Crippen molar-refractivity contribution in [2.75, 3.05) is 13.1 Å². The van der Waals surface area contributed by atoms with Gasteiger partial charge in [-0.1, -0.05) is 11.6 Å². The first-order chi connectivity index (χ1) is 9.64. The number of amides is 2. The smallest absolute Gasteiger partial charge is 0.257 e. The highest BCUT2D eigenvalue weighted by atomic mass is 35.5. The average molecular weight is 315 g/mol. The first-order valence-electron chi connectivity index (χ1n) is 6.69. The lowest BCUT2D eigenvalue weighted by Crippen LogP contribution is -2.47. The third kappa shape index (κ3) is 5.34. The summed E-state index contributed by atoms with van der Waals surface area (Å²) in [4.78, 5) is 25.5. The maximum atomic E-state index is 13.7. The molecule has 1 N–H and O–H groups in total. The summed E-state index contributed by atoms with van der Waals surface area (Å²) >= 11 is 5.78. The normalized spacial score (nSPS) is 11.1. The summed E-state index contributed by atoms with van der Waals surface area (Å²) in [6.45, 7) is 7.44. The number of hydrogen-bond donors (Lipinski definition) is 1. The molecular formula is C15H20ClFN2O2. The highest BCUT2D eigenvalue weighted by molar-refractivity contribution is 6.31. The van der Waals surface area contributed by atoms with Gasteiger partial charge in [-0.05, 0) is 45.9 Å². The lowest BCUT2D eigenvalue weighted by Gasteiger charge is -2.25. The first kappa shape index (κ1) is 17.4. The fourth-order valence-corrected chi connectivity index (χ4v) is 1.96. The molecule has 1 rings (SSSR count). The zero-order valence-electron chi connectivity index (χ0n) is 12.7. The minimum atomic E-state index is -0.654. The summed E-state index contributed by atoms with van der Waals surface area (Å²) in [5.41, 5.74) is -0.520. The Balaban J connectivity index is 2.87. The number of carbonyl (C=O) groups excluding carboxylic acids is 2. The zero-order chi connectivity index (χ0) is 16.2. The van der Waals surface area contributed by atoms with Gasteiger partial charge in [0, 0.05) is 17.1 Å². The predicted molar refractivity (Wildman–Crippen MR) is 80.9 cm³/mol. The molecule has 0 aliphatic heterocycles. The molecule has 0 unspecified atom stereocenters. The van der Waals surface area contributed by atoms with Crippen LogP contribution in [0.5, 0.6) is 0 Å². The Morgan fingerprint density at radius 3 is 2.48 bits per heavy atom. The van der Waals surface area contributed by atoms with Crippen molar-refractivity contribution < 1.29 is 14.0 Å². The van der Waals surface area contributed by atoms with Crippen LogP contribution in [0.2, 0.25) is 5.02 Å². The number of benzene rings is 1. The van der Waals surface area contributed by atoms with Crippen molar-refractivity contribution in [1.29, 1.82) is 0 Å². The maximum Gasteiger partial charge on any atom is 0.257 e. The van der Waals surface area contributed by atoms with Gasteiger partial charge >= 0.3 is 0 Å².